The van der Waals surface area contributed by atoms with Crippen molar-refractivity contribution in [1.29, 1.82) is 0 Å². The molecule has 3 rings (SSSR count). The van der Waals surface area contributed by atoms with Crippen molar-refractivity contribution in [2.45, 2.75) is 18.2 Å². The molecule has 1 spiro atoms. The molecule has 2 aliphatic heterocycles. The van der Waals surface area contributed by atoms with Gasteiger partial charge in [0, 0.05) is 12.7 Å². The Labute approximate surface area is 171 Å². The molecule has 2 aliphatic rings. The quantitative estimate of drug-likeness (QED) is 0.664. The molecule has 0 aromatic heterocycles. The fourth-order valence-electron chi connectivity index (χ4n) is 2.76. The minimum atomic E-state index is -0.885. The van der Waals surface area contributed by atoms with Gasteiger partial charge in [0.1, 0.15) is 10.7 Å². The maximum atomic E-state index is 12.4. The number of hydrogen-bond acceptors (Lipinski definition) is 10. The van der Waals surface area contributed by atoms with Crippen LogP contribution in [0.3, 0.4) is 0 Å². The third-order valence-electron chi connectivity index (χ3n) is 4.32. The fourth-order valence-corrected chi connectivity index (χ4v) is 5.66. The van der Waals surface area contributed by atoms with E-state index in [1.165, 1.54) is 30.6 Å². The first-order valence-electron chi connectivity index (χ1n) is 8.49. The molecule has 1 aromatic carbocycles. The van der Waals surface area contributed by atoms with E-state index in [2.05, 4.69) is 5.10 Å². The zero-order valence-corrected chi connectivity index (χ0v) is 17.8. The van der Waals surface area contributed by atoms with E-state index in [9.17, 15) is 9.59 Å². The lowest BCUT2D eigenvalue weighted by molar-refractivity contribution is -0.137. The first-order chi connectivity index (χ1) is 13.4. The molecule has 0 amide bonds. The van der Waals surface area contributed by atoms with Crippen molar-refractivity contribution in [2.75, 3.05) is 32.9 Å². The summed E-state index contributed by atoms with van der Waals surface area (Å²) >= 11 is 2.52. The Hall–Kier alpha value is -2.33. The van der Waals surface area contributed by atoms with Gasteiger partial charge in [-0.05, 0) is 49.9 Å². The summed E-state index contributed by atoms with van der Waals surface area (Å²) in [6.07, 6.45) is 0. The molecule has 0 N–H and O–H groups in total. The van der Waals surface area contributed by atoms with E-state index in [-0.39, 0.29) is 11.7 Å². The minimum absolute atomic E-state index is 0.204. The third-order valence-corrected chi connectivity index (χ3v) is 7.35. The second-order valence-corrected chi connectivity index (χ2v) is 8.45. The molecule has 8 nitrogen and oxygen atoms in total. The van der Waals surface area contributed by atoms with Gasteiger partial charge in [-0.15, -0.1) is 0 Å². The molecule has 10 heteroatoms. The highest BCUT2D eigenvalue weighted by Crippen LogP contribution is 2.58. The van der Waals surface area contributed by atoms with E-state index in [1.807, 2.05) is 43.1 Å². The van der Waals surface area contributed by atoms with Crippen molar-refractivity contribution in [3.05, 3.63) is 34.9 Å². The van der Waals surface area contributed by atoms with Gasteiger partial charge >= 0.3 is 11.9 Å². The number of hydrogen-bond donors (Lipinski definition) is 0. The molecule has 0 saturated heterocycles. The maximum Gasteiger partial charge on any atom is 0.365 e. The number of anilines is 1. The number of carbonyl (C=O) groups excluding carboxylic acids is 2. The van der Waals surface area contributed by atoms with Crippen LogP contribution in [0.2, 0.25) is 0 Å². The molecule has 2 heterocycles. The number of thioether (sulfide) groups is 2. The van der Waals surface area contributed by atoms with Crippen LogP contribution in [-0.2, 0) is 19.1 Å². The van der Waals surface area contributed by atoms with Gasteiger partial charge in [0.25, 0.3) is 0 Å². The maximum absolute atomic E-state index is 12.4. The summed E-state index contributed by atoms with van der Waals surface area (Å²) in [5.74, 6) is -0.220. The van der Waals surface area contributed by atoms with Crippen molar-refractivity contribution in [3.8, 4) is 5.75 Å². The molecular formula is C18H21N3O5S2. The summed E-state index contributed by atoms with van der Waals surface area (Å²) in [7, 11) is 4.76. The van der Waals surface area contributed by atoms with Crippen LogP contribution >= 0.6 is 23.5 Å². The van der Waals surface area contributed by atoms with Gasteiger partial charge in [0.15, 0.2) is 0 Å². The Morgan fingerprint density at radius 1 is 1.14 bits per heavy atom. The molecule has 1 aromatic rings. The summed E-state index contributed by atoms with van der Waals surface area (Å²) in [6, 6.07) is 7.31. The van der Waals surface area contributed by atoms with Crippen LogP contribution in [0.1, 0.15) is 13.8 Å². The fraction of sp³-hybridized carbons (Fsp3) is 0.389. The van der Waals surface area contributed by atoms with Crippen molar-refractivity contribution < 1.29 is 23.8 Å². The van der Waals surface area contributed by atoms with Gasteiger partial charge in [-0.25, -0.2) is 14.6 Å². The van der Waals surface area contributed by atoms with Gasteiger partial charge in [-0.1, -0.05) is 11.8 Å². The van der Waals surface area contributed by atoms with E-state index in [0.29, 0.717) is 10.7 Å². The second kappa shape index (κ2) is 7.96. The number of hydrazone groups is 1. The lowest BCUT2D eigenvalue weighted by Gasteiger charge is -2.39. The second-order valence-electron chi connectivity index (χ2n) is 5.85. The molecular weight excluding hydrogens is 402 g/mol. The predicted octanol–water partition coefficient (Wildman–Crippen LogP) is 2.82. The third kappa shape index (κ3) is 3.30. The van der Waals surface area contributed by atoms with Crippen LogP contribution in [0.5, 0.6) is 5.75 Å². The number of allylic oxidation sites excluding steroid dienone is 1. The highest BCUT2D eigenvalue weighted by molar-refractivity contribution is 8.28. The molecule has 28 heavy (non-hydrogen) atoms. The summed E-state index contributed by atoms with van der Waals surface area (Å²) in [5, 5.41) is 6.42. The van der Waals surface area contributed by atoms with Crippen molar-refractivity contribution in [3.63, 3.8) is 0 Å². The Balaban J connectivity index is 2.02. The highest BCUT2D eigenvalue weighted by atomic mass is 32.2. The number of benzene rings is 1. The largest absolute Gasteiger partial charge is 0.497 e. The first-order valence-corrected chi connectivity index (χ1v) is 10.1. The average Bonchev–Trinajstić information content (AvgIpc) is 3.21. The van der Waals surface area contributed by atoms with E-state index in [1.54, 1.807) is 19.0 Å². The van der Waals surface area contributed by atoms with E-state index in [4.69, 9.17) is 14.2 Å². The number of rotatable bonds is 5. The Kier molecular flexibility index (Phi) is 5.80. The minimum Gasteiger partial charge on any atom is -0.497 e. The lowest BCUT2D eigenvalue weighted by Crippen LogP contribution is -2.47. The Bertz CT molecular complexity index is 855. The van der Waals surface area contributed by atoms with Gasteiger partial charge < -0.3 is 19.1 Å². The summed E-state index contributed by atoms with van der Waals surface area (Å²) in [6.45, 7) is 3.89. The highest BCUT2D eigenvalue weighted by Gasteiger charge is 2.56. The zero-order chi connectivity index (χ0) is 20.5. The zero-order valence-electron chi connectivity index (χ0n) is 16.2. The van der Waals surface area contributed by atoms with Crippen molar-refractivity contribution >= 4 is 46.2 Å². The van der Waals surface area contributed by atoms with Gasteiger partial charge in [0.2, 0.25) is 9.37 Å². The van der Waals surface area contributed by atoms with E-state index < -0.39 is 16.3 Å². The van der Waals surface area contributed by atoms with E-state index in [0.717, 1.165) is 11.4 Å². The molecule has 1 atom stereocenters. The standard InChI is InChI=1S/C18H21N3O5S2/c1-6-26-16(22)14-11(2)20(3)18(27-14)21(19-15(28-18)17(23)25-5)12-7-9-13(24-4)10-8-12/h7-10H,6H2,1-5H3/t18-/m0/s1. The van der Waals surface area contributed by atoms with Gasteiger partial charge in [0.05, 0.1) is 26.5 Å². The molecule has 150 valence electrons. The number of nitrogens with zero attached hydrogens (tertiary/aromatic N) is 3. The first kappa shape index (κ1) is 20.4. The van der Waals surface area contributed by atoms with Crippen LogP contribution in [0.4, 0.5) is 5.69 Å². The lowest BCUT2D eigenvalue weighted by atomic mass is 10.3. The van der Waals surface area contributed by atoms with E-state index >= 15 is 0 Å². The Morgan fingerprint density at radius 2 is 1.82 bits per heavy atom. The topological polar surface area (TPSA) is 80.7 Å². The van der Waals surface area contributed by atoms with Crippen LogP contribution in [-0.4, -0.2) is 54.1 Å². The Morgan fingerprint density at radius 3 is 2.39 bits per heavy atom. The number of ether oxygens (including phenoxy) is 3. The van der Waals surface area contributed by atoms with Crippen molar-refractivity contribution in [2.24, 2.45) is 5.10 Å². The number of methoxy groups -OCH3 is 2. The average molecular weight is 424 g/mol. The van der Waals surface area contributed by atoms with Crippen LogP contribution in [0.25, 0.3) is 0 Å². The summed E-state index contributed by atoms with van der Waals surface area (Å²) in [5.41, 5.74) is 1.49. The normalized spacial score (nSPS) is 21.2. The van der Waals surface area contributed by atoms with Crippen molar-refractivity contribution in [1.82, 2.24) is 4.90 Å². The van der Waals surface area contributed by atoms with Crippen LogP contribution in [0, 0.1) is 0 Å². The number of carbonyl (C=O) groups is 2. The summed E-state index contributed by atoms with van der Waals surface area (Å²) in [4.78, 5) is 27.0. The van der Waals surface area contributed by atoms with Crippen LogP contribution in [0.15, 0.2) is 40.0 Å². The molecule has 0 aliphatic carbocycles. The monoisotopic (exact) mass is 423 g/mol. The molecule has 0 saturated carbocycles. The predicted molar refractivity (Wildman–Crippen MR) is 110 cm³/mol. The van der Waals surface area contributed by atoms with Gasteiger partial charge in [-0.3, -0.25) is 0 Å². The molecule has 0 radical (unpaired) electrons. The molecule has 0 bridgehead atoms. The molecule has 0 fully saturated rings. The smallest absolute Gasteiger partial charge is 0.365 e. The number of esters is 2. The van der Waals surface area contributed by atoms with Crippen LogP contribution < -0.4 is 9.75 Å². The van der Waals surface area contributed by atoms with Gasteiger partial charge in [-0.2, -0.15) is 5.10 Å². The summed E-state index contributed by atoms with van der Waals surface area (Å²) < 4.78 is 14.4. The SMILES string of the molecule is CCOC(=O)C1=C(C)N(C)[C@@]2(SC(C(=O)OC)=NN2c2ccc(OC)cc2)S1. The molecule has 0 unspecified atom stereocenters.